The van der Waals surface area contributed by atoms with Crippen LogP contribution in [0.2, 0.25) is 0 Å². The van der Waals surface area contributed by atoms with Crippen molar-refractivity contribution in [2.24, 2.45) is 17.3 Å². The van der Waals surface area contributed by atoms with Crippen LogP contribution in [0.4, 0.5) is 17.2 Å². The molecule has 0 saturated heterocycles. The fourth-order valence-corrected chi connectivity index (χ4v) is 3.99. The number of aryl methyl sites for hydroxylation is 1. The first-order valence-electron chi connectivity index (χ1n) is 10.8. The third-order valence-corrected chi connectivity index (χ3v) is 5.68. The minimum Gasteiger partial charge on any atom is -0.359 e. The molecule has 2 unspecified atom stereocenters. The number of hydrogen-bond donors (Lipinski definition) is 2. The molecular weight excluding hydrogens is 354 g/mol. The van der Waals surface area contributed by atoms with E-state index in [9.17, 15) is 0 Å². The van der Waals surface area contributed by atoms with Gasteiger partial charge >= 0.3 is 0 Å². The van der Waals surface area contributed by atoms with Crippen molar-refractivity contribution in [3.63, 3.8) is 0 Å². The van der Waals surface area contributed by atoms with Gasteiger partial charge in [-0.15, -0.1) is 0 Å². The quantitative estimate of drug-likeness (QED) is 0.493. The molecule has 154 valence electrons. The third-order valence-electron chi connectivity index (χ3n) is 5.68. The van der Waals surface area contributed by atoms with Crippen molar-refractivity contribution in [3.8, 4) is 0 Å². The lowest BCUT2D eigenvalue weighted by Crippen LogP contribution is -2.12. The lowest BCUT2D eigenvalue weighted by molar-refractivity contribution is 0.337. The van der Waals surface area contributed by atoms with Crippen LogP contribution in [0.3, 0.4) is 0 Å². The van der Waals surface area contributed by atoms with Gasteiger partial charge in [0.1, 0.15) is 5.82 Å². The molecule has 1 heterocycles. The molecule has 1 saturated carbocycles. The van der Waals surface area contributed by atoms with Crippen molar-refractivity contribution in [2.45, 2.75) is 53.9 Å². The van der Waals surface area contributed by atoms with Crippen LogP contribution >= 0.6 is 0 Å². The summed E-state index contributed by atoms with van der Waals surface area (Å²) in [5, 5.41) is 7.16. The van der Waals surface area contributed by atoms with Crippen LogP contribution in [-0.4, -0.2) is 4.98 Å². The van der Waals surface area contributed by atoms with Crippen LogP contribution in [0, 0.1) is 17.3 Å². The van der Waals surface area contributed by atoms with Crippen LogP contribution < -0.4 is 10.6 Å². The van der Waals surface area contributed by atoms with Gasteiger partial charge in [0.05, 0.1) is 5.69 Å². The molecule has 1 aliphatic carbocycles. The number of nitrogens with zero attached hydrogens (tertiary/aromatic N) is 1. The molecule has 0 aliphatic heterocycles. The van der Waals surface area contributed by atoms with E-state index in [1.807, 2.05) is 0 Å². The number of rotatable bonds is 8. The second kappa shape index (κ2) is 8.86. The molecule has 3 nitrogen and oxygen atoms in total. The Labute approximate surface area is 176 Å². The lowest BCUT2D eigenvalue weighted by Gasteiger charge is -2.20. The zero-order valence-electron chi connectivity index (χ0n) is 18.5. The molecule has 29 heavy (non-hydrogen) atoms. The molecule has 1 aromatic heterocycles. The monoisotopic (exact) mass is 389 g/mol. The molecule has 1 aromatic carbocycles. The summed E-state index contributed by atoms with van der Waals surface area (Å²) in [4.78, 5) is 4.68. The first kappa shape index (κ1) is 21.2. The molecule has 0 bridgehead atoms. The van der Waals surface area contributed by atoms with E-state index in [1.165, 1.54) is 17.7 Å². The highest BCUT2D eigenvalue weighted by molar-refractivity contribution is 5.66. The number of allylic oxidation sites excluding steroid dienone is 2. The van der Waals surface area contributed by atoms with E-state index in [2.05, 4.69) is 99.3 Å². The Morgan fingerprint density at radius 3 is 2.59 bits per heavy atom. The summed E-state index contributed by atoms with van der Waals surface area (Å²) in [6.07, 6.45) is 7.45. The van der Waals surface area contributed by atoms with Gasteiger partial charge in [-0.1, -0.05) is 59.4 Å². The zero-order valence-corrected chi connectivity index (χ0v) is 18.5. The largest absolute Gasteiger partial charge is 0.359 e. The second-order valence-corrected chi connectivity index (χ2v) is 9.06. The van der Waals surface area contributed by atoms with Crippen molar-refractivity contribution in [1.29, 1.82) is 0 Å². The topological polar surface area (TPSA) is 37.0 Å². The van der Waals surface area contributed by atoms with E-state index in [1.54, 1.807) is 6.08 Å². The summed E-state index contributed by atoms with van der Waals surface area (Å²) in [7, 11) is 0. The van der Waals surface area contributed by atoms with Gasteiger partial charge in [-0.25, -0.2) is 4.98 Å². The number of anilines is 3. The van der Waals surface area contributed by atoms with Crippen LogP contribution in [0.15, 0.2) is 54.8 Å². The number of hydrogen-bond acceptors (Lipinski definition) is 3. The molecule has 0 spiro atoms. The Morgan fingerprint density at radius 1 is 1.17 bits per heavy atom. The average Bonchev–Trinajstić information content (AvgIpc) is 3.49. The number of pyridine rings is 1. The number of nitrogens with one attached hydrogen (secondary N) is 2. The molecule has 3 heteroatoms. The van der Waals surface area contributed by atoms with Crippen LogP contribution in [0.1, 0.15) is 58.7 Å². The van der Waals surface area contributed by atoms with Crippen molar-refractivity contribution in [2.75, 3.05) is 10.6 Å². The standard InChI is InChI=1S/C26H35N3/c1-7-11-24(22-17-23(22)26(4,5)6)27-21-15-19(9-3)28-25(16-21)29-20-13-10-12-18(8-2)14-20/h9-16,22-23H,3,7-8,17H2,1-2,4-6H3,(H2,27,28,29)/b24-11+. The molecular formula is C26H35N3. The Kier molecular flexibility index (Phi) is 6.46. The maximum Gasteiger partial charge on any atom is 0.133 e. The molecule has 2 atom stereocenters. The summed E-state index contributed by atoms with van der Waals surface area (Å²) in [6.45, 7) is 15.3. The summed E-state index contributed by atoms with van der Waals surface area (Å²) < 4.78 is 0. The highest BCUT2D eigenvalue weighted by Gasteiger charge is 2.46. The predicted molar refractivity (Wildman–Crippen MR) is 126 cm³/mol. The Hall–Kier alpha value is -2.55. The van der Waals surface area contributed by atoms with Crippen molar-refractivity contribution in [1.82, 2.24) is 4.98 Å². The highest BCUT2D eigenvalue weighted by Crippen LogP contribution is 2.54. The minimum absolute atomic E-state index is 0.348. The van der Waals surface area contributed by atoms with E-state index in [0.29, 0.717) is 11.3 Å². The van der Waals surface area contributed by atoms with Crippen LogP contribution in [0.25, 0.3) is 6.08 Å². The van der Waals surface area contributed by atoms with Gasteiger partial charge < -0.3 is 10.6 Å². The normalized spacial score (nSPS) is 19.0. The van der Waals surface area contributed by atoms with Crippen LogP contribution in [-0.2, 0) is 6.42 Å². The third kappa shape index (κ3) is 5.50. The molecule has 2 N–H and O–H groups in total. The van der Waals surface area contributed by atoms with E-state index < -0.39 is 0 Å². The van der Waals surface area contributed by atoms with Gasteiger partial charge in [-0.3, -0.25) is 0 Å². The minimum atomic E-state index is 0.348. The molecule has 1 fully saturated rings. The van der Waals surface area contributed by atoms with E-state index in [-0.39, 0.29) is 0 Å². The molecule has 0 amide bonds. The molecule has 0 radical (unpaired) electrons. The first-order chi connectivity index (χ1) is 13.8. The molecule has 1 aliphatic rings. The highest BCUT2D eigenvalue weighted by atomic mass is 15.0. The van der Waals surface area contributed by atoms with Crippen LogP contribution in [0.5, 0.6) is 0 Å². The SMILES string of the molecule is C=Cc1cc(N/C(=C/CC)C2CC2C(C)(C)C)cc(Nc2cccc(CC)c2)n1. The smallest absolute Gasteiger partial charge is 0.133 e. The number of aromatic nitrogens is 1. The summed E-state index contributed by atoms with van der Waals surface area (Å²) in [5.41, 5.74) is 5.98. The second-order valence-electron chi connectivity index (χ2n) is 9.06. The Balaban J connectivity index is 1.82. The fourth-order valence-electron chi connectivity index (χ4n) is 3.99. The predicted octanol–water partition coefficient (Wildman–Crippen LogP) is 7.42. The van der Waals surface area contributed by atoms with Gasteiger partial charge in [0.2, 0.25) is 0 Å². The van der Waals surface area contributed by atoms with Crippen molar-refractivity contribution < 1.29 is 0 Å². The first-order valence-corrected chi connectivity index (χ1v) is 10.8. The van der Waals surface area contributed by atoms with Gasteiger partial charge in [-0.2, -0.15) is 0 Å². The van der Waals surface area contributed by atoms with Gasteiger partial charge in [0.15, 0.2) is 0 Å². The molecule has 3 rings (SSSR count). The van der Waals surface area contributed by atoms with Gasteiger partial charge in [-0.05, 0) is 60.4 Å². The van der Waals surface area contributed by atoms with Gasteiger partial charge in [0, 0.05) is 29.1 Å². The average molecular weight is 390 g/mol. The van der Waals surface area contributed by atoms with Gasteiger partial charge in [0.25, 0.3) is 0 Å². The van der Waals surface area contributed by atoms with E-state index in [0.717, 1.165) is 41.6 Å². The summed E-state index contributed by atoms with van der Waals surface area (Å²) in [6, 6.07) is 12.6. The fraction of sp³-hybridized carbons (Fsp3) is 0.423. The maximum atomic E-state index is 4.68. The Bertz CT molecular complexity index is 889. The number of benzene rings is 1. The maximum absolute atomic E-state index is 4.68. The Morgan fingerprint density at radius 2 is 1.97 bits per heavy atom. The van der Waals surface area contributed by atoms with E-state index in [4.69, 9.17) is 0 Å². The van der Waals surface area contributed by atoms with Crippen molar-refractivity contribution >= 4 is 23.3 Å². The van der Waals surface area contributed by atoms with Crippen molar-refractivity contribution in [3.05, 3.63) is 66.0 Å². The zero-order chi connectivity index (χ0) is 21.0. The van der Waals surface area contributed by atoms with E-state index >= 15 is 0 Å². The molecule has 2 aromatic rings. The lowest BCUT2D eigenvalue weighted by atomic mass is 9.88. The summed E-state index contributed by atoms with van der Waals surface area (Å²) in [5.74, 6) is 2.19. The summed E-state index contributed by atoms with van der Waals surface area (Å²) >= 11 is 0.